The molecule has 1 amide bonds. The van der Waals surface area contributed by atoms with Gasteiger partial charge in [0.15, 0.2) is 0 Å². The van der Waals surface area contributed by atoms with Crippen LogP contribution < -0.4 is 10.2 Å². The largest absolute Gasteiger partial charge is 0.340 e. The number of nitrogens with one attached hydrogen (secondary N) is 1. The number of piperidine rings is 1. The zero-order valence-electron chi connectivity index (χ0n) is 17.2. The molecule has 2 aromatic carbocycles. The average molecular weight is 465 g/mol. The molecule has 1 aromatic heterocycles. The molecular weight excluding hydrogens is 440 g/mol. The molecule has 5 nitrogen and oxygen atoms in total. The molecule has 1 N–H and O–H groups in total. The van der Waals surface area contributed by atoms with E-state index >= 15 is 0 Å². The summed E-state index contributed by atoms with van der Waals surface area (Å²) < 4.78 is 1.04. The van der Waals surface area contributed by atoms with Gasteiger partial charge in [0, 0.05) is 41.2 Å². The molecule has 1 atom stereocenters. The monoisotopic (exact) mass is 464 g/mol. The Morgan fingerprint density at radius 3 is 2.50 bits per heavy atom. The number of hydrogen-bond donors (Lipinski definition) is 1. The average Bonchev–Trinajstić information content (AvgIpc) is 2.77. The summed E-state index contributed by atoms with van der Waals surface area (Å²) in [5, 5.41) is 3.06. The Hall–Kier alpha value is -2.73. The molecular formula is C24H25BrN4O. The summed E-state index contributed by atoms with van der Waals surface area (Å²) in [6.07, 6.45) is 5.54. The molecule has 1 aliphatic heterocycles. The molecule has 0 bridgehead atoms. The van der Waals surface area contributed by atoms with E-state index in [0.29, 0.717) is 12.5 Å². The Bertz CT molecular complexity index is 1030. The van der Waals surface area contributed by atoms with E-state index in [-0.39, 0.29) is 11.8 Å². The zero-order valence-corrected chi connectivity index (χ0v) is 18.8. The van der Waals surface area contributed by atoms with E-state index in [1.807, 2.05) is 37.5 Å². The highest BCUT2D eigenvalue weighted by atomic mass is 79.9. The highest BCUT2D eigenvalue weighted by Gasteiger charge is 2.27. The molecule has 0 unspecified atom stereocenters. The van der Waals surface area contributed by atoms with E-state index in [9.17, 15) is 4.79 Å². The van der Waals surface area contributed by atoms with Crippen molar-refractivity contribution in [3.05, 3.63) is 70.5 Å². The number of hydrogen-bond acceptors (Lipinski definition) is 4. The Kier molecular flexibility index (Phi) is 6.13. The molecule has 0 spiro atoms. The second-order valence-electron chi connectivity index (χ2n) is 7.88. The maximum Gasteiger partial charge on any atom is 0.229 e. The summed E-state index contributed by atoms with van der Waals surface area (Å²) in [4.78, 5) is 24.1. The van der Waals surface area contributed by atoms with Crippen molar-refractivity contribution < 1.29 is 4.79 Å². The van der Waals surface area contributed by atoms with Crippen molar-refractivity contribution in [2.75, 3.05) is 23.3 Å². The molecule has 6 heteroatoms. The summed E-state index contributed by atoms with van der Waals surface area (Å²) in [6.45, 7) is 5.58. The van der Waals surface area contributed by atoms with E-state index in [1.165, 1.54) is 5.56 Å². The number of aryl methyl sites for hydroxylation is 2. The number of benzene rings is 2. The Balaban J connectivity index is 1.42. The topological polar surface area (TPSA) is 58.1 Å². The minimum absolute atomic E-state index is 0.0534. The van der Waals surface area contributed by atoms with Gasteiger partial charge in [-0.05, 0) is 56.0 Å². The van der Waals surface area contributed by atoms with Gasteiger partial charge in [0.05, 0.1) is 5.92 Å². The Morgan fingerprint density at radius 1 is 1.07 bits per heavy atom. The number of anilines is 2. The molecule has 30 heavy (non-hydrogen) atoms. The third kappa shape index (κ3) is 4.70. The zero-order chi connectivity index (χ0) is 21.1. The van der Waals surface area contributed by atoms with E-state index in [0.717, 1.165) is 46.2 Å². The van der Waals surface area contributed by atoms with Gasteiger partial charge in [0.25, 0.3) is 0 Å². The van der Waals surface area contributed by atoms with Crippen LogP contribution >= 0.6 is 15.9 Å². The van der Waals surface area contributed by atoms with E-state index in [2.05, 4.69) is 67.3 Å². The third-order valence-corrected chi connectivity index (χ3v) is 6.41. The van der Waals surface area contributed by atoms with Crippen LogP contribution in [-0.2, 0) is 4.79 Å². The standard InChI is InChI=1S/C24H25BrN4O/c1-16-5-7-18(8-6-16)20-13-26-24(27-14-20)29-11-3-4-19(15-29)23(30)28-21-9-10-22(25)17(2)12-21/h5-10,12-14,19H,3-4,11,15H2,1-2H3,(H,28,30)/t19-/m0/s1. The molecule has 0 saturated carbocycles. The first kappa shape index (κ1) is 20.5. The molecule has 154 valence electrons. The number of carbonyl (C=O) groups excluding carboxylic acids is 1. The number of amides is 1. The Morgan fingerprint density at radius 2 is 1.80 bits per heavy atom. The summed E-state index contributed by atoms with van der Waals surface area (Å²) in [7, 11) is 0. The first-order valence-corrected chi connectivity index (χ1v) is 11.0. The maximum absolute atomic E-state index is 12.8. The fourth-order valence-electron chi connectivity index (χ4n) is 3.72. The smallest absolute Gasteiger partial charge is 0.229 e. The number of aromatic nitrogens is 2. The minimum atomic E-state index is -0.0805. The second kappa shape index (κ2) is 8.96. The van der Waals surface area contributed by atoms with Gasteiger partial charge in [-0.2, -0.15) is 0 Å². The molecule has 1 fully saturated rings. The number of nitrogens with zero attached hydrogens (tertiary/aromatic N) is 3. The van der Waals surface area contributed by atoms with Crippen LogP contribution in [0.4, 0.5) is 11.6 Å². The fraction of sp³-hybridized carbons (Fsp3) is 0.292. The van der Waals surface area contributed by atoms with E-state index in [4.69, 9.17) is 0 Å². The normalized spacial score (nSPS) is 16.4. The van der Waals surface area contributed by atoms with E-state index < -0.39 is 0 Å². The maximum atomic E-state index is 12.8. The lowest BCUT2D eigenvalue weighted by Crippen LogP contribution is -2.41. The van der Waals surface area contributed by atoms with Crippen LogP contribution in [0.1, 0.15) is 24.0 Å². The van der Waals surface area contributed by atoms with E-state index in [1.54, 1.807) is 0 Å². The van der Waals surface area contributed by atoms with Crippen LogP contribution in [0.2, 0.25) is 0 Å². The van der Waals surface area contributed by atoms with Crippen molar-refractivity contribution in [2.24, 2.45) is 5.92 Å². The van der Waals surface area contributed by atoms with Gasteiger partial charge in [0.2, 0.25) is 11.9 Å². The lowest BCUT2D eigenvalue weighted by atomic mass is 9.97. The summed E-state index contributed by atoms with van der Waals surface area (Å²) in [5.41, 5.74) is 5.26. The highest BCUT2D eigenvalue weighted by Crippen LogP contribution is 2.25. The van der Waals surface area contributed by atoms with Crippen molar-refractivity contribution in [1.82, 2.24) is 9.97 Å². The number of rotatable bonds is 4. The third-order valence-electron chi connectivity index (χ3n) is 5.52. The summed E-state index contributed by atoms with van der Waals surface area (Å²) in [6, 6.07) is 14.2. The summed E-state index contributed by atoms with van der Waals surface area (Å²) >= 11 is 3.50. The van der Waals surface area contributed by atoms with Crippen LogP contribution in [0, 0.1) is 19.8 Å². The first-order valence-electron chi connectivity index (χ1n) is 10.2. The van der Waals surface area contributed by atoms with Gasteiger partial charge in [-0.1, -0.05) is 45.8 Å². The first-order chi connectivity index (χ1) is 14.5. The van der Waals surface area contributed by atoms with Crippen molar-refractivity contribution in [3.63, 3.8) is 0 Å². The van der Waals surface area contributed by atoms with Crippen LogP contribution in [-0.4, -0.2) is 29.0 Å². The van der Waals surface area contributed by atoms with Crippen LogP contribution in [0.25, 0.3) is 11.1 Å². The lowest BCUT2D eigenvalue weighted by molar-refractivity contribution is -0.120. The Labute approximate surface area is 185 Å². The van der Waals surface area contributed by atoms with Crippen LogP contribution in [0.15, 0.2) is 59.3 Å². The van der Waals surface area contributed by atoms with Gasteiger partial charge in [-0.25, -0.2) is 9.97 Å². The van der Waals surface area contributed by atoms with Crippen LogP contribution in [0.5, 0.6) is 0 Å². The van der Waals surface area contributed by atoms with Gasteiger partial charge >= 0.3 is 0 Å². The molecule has 1 saturated heterocycles. The van der Waals surface area contributed by atoms with Gasteiger partial charge < -0.3 is 10.2 Å². The molecule has 0 radical (unpaired) electrons. The van der Waals surface area contributed by atoms with Gasteiger partial charge in [-0.3, -0.25) is 4.79 Å². The predicted octanol–water partition coefficient (Wildman–Crippen LogP) is 5.38. The molecule has 1 aliphatic rings. The molecule has 2 heterocycles. The SMILES string of the molecule is Cc1ccc(-c2cnc(N3CCC[C@H](C(=O)Nc4ccc(Br)c(C)c4)C3)nc2)cc1. The van der Waals surface area contributed by atoms with Crippen LogP contribution in [0.3, 0.4) is 0 Å². The van der Waals surface area contributed by atoms with Gasteiger partial charge in [-0.15, -0.1) is 0 Å². The quantitative estimate of drug-likeness (QED) is 0.562. The lowest BCUT2D eigenvalue weighted by Gasteiger charge is -2.32. The molecule has 0 aliphatic carbocycles. The van der Waals surface area contributed by atoms with Crippen molar-refractivity contribution in [3.8, 4) is 11.1 Å². The molecule has 4 rings (SSSR count). The van der Waals surface area contributed by atoms with Gasteiger partial charge in [0.1, 0.15) is 0 Å². The predicted molar refractivity (Wildman–Crippen MR) is 125 cm³/mol. The highest BCUT2D eigenvalue weighted by molar-refractivity contribution is 9.10. The summed E-state index contributed by atoms with van der Waals surface area (Å²) in [5.74, 6) is 0.656. The number of halogens is 1. The fourth-order valence-corrected chi connectivity index (χ4v) is 3.97. The van der Waals surface area contributed by atoms with Crippen molar-refractivity contribution in [2.45, 2.75) is 26.7 Å². The van der Waals surface area contributed by atoms with Crippen molar-refractivity contribution in [1.29, 1.82) is 0 Å². The van der Waals surface area contributed by atoms with Crippen molar-refractivity contribution >= 4 is 33.5 Å². The number of carbonyl (C=O) groups is 1. The molecule has 3 aromatic rings. The minimum Gasteiger partial charge on any atom is -0.340 e. The second-order valence-corrected chi connectivity index (χ2v) is 8.73.